The summed E-state index contributed by atoms with van der Waals surface area (Å²) in [6.07, 6.45) is 0. The zero-order valence-electron chi connectivity index (χ0n) is 14.3. The van der Waals surface area contributed by atoms with Gasteiger partial charge in [0.2, 0.25) is 5.91 Å². The number of carbonyl (C=O) groups is 3. The molecule has 1 unspecified atom stereocenters. The molecule has 0 aliphatic carbocycles. The minimum atomic E-state index is -1.45. The number of rotatable bonds is 5. The molecule has 10 heteroatoms. The zero-order chi connectivity index (χ0) is 19.9. The summed E-state index contributed by atoms with van der Waals surface area (Å²) in [6, 6.07) is 1.47. The van der Waals surface area contributed by atoms with E-state index in [1.54, 1.807) is 0 Å². The number of carboxylic acid groups (broad SMARTS) is 1. The Balaban J connectivity index is 2.08. The maximum atomic E-state index is 12.3. The summed E-state index contributed by atoms with van der Waals surface area (Å²) in [5.41, 5.74) is 1.57. The number of alkyl halides is 1. The normalized spacial score (nSPS) is 17.0. The van der Waals surface area contributed by atoms with Crippen molar-refractivity contribution in [3.8, 4) is 5.75 Å². The monoisotopic (exact) mass is 395 g/mol. The summed E-state index contributed by atoms with van der Waals surface area (Å²) in [5.74, 6) is -2.39. The topological polar surface area (TPSA) is 143 Å². The molecule has 0 bridgehead atoms. The Morgan fingerprint density at radius 3 is 2.67 bits per heavy atom. The van der Waals surface area contributed by atoms with Gasteiger partial charge < -0.3 is 30.5 Å². The van der Waals surface area contributed by atoms with Crippen molar-refractivity contribution >= 4 is 46.0 Å². The molecule has 27 heavy (non-hydrogen) atoms. The number of hydrogen-bond acceptors (Lipinski definition) is 5. The molecule has 0 radical (unpaired) electrons. The number of aliphatic carboxylic acids is 1. The van der Waals surface area contributed by atoms with E-state index in [0.717, 1.165) is 5.56 Å². The Bertz CT molecular complexity index is 940. The highest BCUT2D eigenvalue weighted by atomic mass is 35.5. The Morgan fingerprint density at radius 2 is 2.11 bits per heavy atom. The molecular weight excluding hydrogens is 378 g/mol. The van der Waals surface area contributed by atoms with Gasteiger partial charge in [-0.15, -0.1) is 11.6 Å². The minimum absolute atomic E-state index is 0.0167. The van der Waals surface area contributed by atoms with E-state index in [4.69, 9.17) is 21.8 Å². The molecule has 2 heterocycles. The van der Waals surface area contributed by atoms with Crippen LogP contribution in [-0.4, -0.2) is 63.2 Å². The van der Waals surface area contributed by atoms with Gasteiger partial charge >= 0.3 is 5.97 Å². The van der Waals surface area contributed by atoms with Crippen LogP contribution >= 0.6 is 11.6 Å². The lowest BCUT2D eigenvalue weighted by Gasteiger charge is -2.15. The third-order valence-corrected chi connectivity index (χ3v) is 4.98. The van der Waals surface area contributed by atoms with Gasteiger partial charge in [0, 0.05) is 36.7 Å². The predicted octanol–water partition coefficient (Wildman–Crippen LogP) is 0.738. The van der Waals surface area contributed by atoms with Crippen LogP contribution in [0, 0.1) is 0 Å². The standard InChI is InChI=1S/C17H18ClN3O6/c1-7(23)21-5-8(4-18)14-9-2-10(16(25)20-11(6-22)17(26)27)19-15(9)13(24)3-12(14)21/h2-3,8,11,19,22,24H,4-6H2,1H3,(H,20,25)(H,26,27)/t8?,11-/m0/s1. The number of aliphatic hydroxyl groups excluding tert-OH is 1. The van der Waals surface area contributed by atoms with Crippen LogP contribution in [0.15, 0.2) is 12.1 Å². The number of aromatic nitrogens is 1. The number of anilines is 1. The fourth-order valence-corrected chi connectivity index (χ4v) is 3.57. The minimum Gasteiger partial charge on any atom is -0.506 e. The second-order valence-corrected chi connectivity index (χ2v) is 6.64. The van der Waals surface area contributed by atoms with E-state index < -0.39 is 24.5 Å². The molecule has 0 spiro atoms. The molecule has 0 saturated heterocycles. The lowest BCUT2D eigenvalue weighted by molar-refractivity contribution is -0.140. The maximum Gasteiger partial charge on any atom is 0.328 e. The molecule has 2 aromatic rings. The number of H-pyrrole nitrogens is 1. The summed E-state index contributed by atoms with van der Waals surface area (Å²) in [6.45, 7) is 1.02. The van der Waals surface area contributed by atoms with E-state index in [1.807, 2.05) is 0 Å². The molecule has 2 amide bonds. The third kappa shape index (κ3) is 3.19. The number of phenolic OH excluding ortho intramolecular Hbond substituents is 1. The predicted molar refractivity (Wildman–Crippen MR) is 97.4 cm³/mol. The third-order valence-electron chi connectivity index (χ3n) is 4.61. The van der Waals surface area contributed by atoms with E-state index in [1.165, 1.54) is 24.0 Å². The van der Waals surface area contributed by atoms with Gasteiger partial charge in [-0.2, -0.15) is 0 Å². The molecular formula is C17H18ClN3O6. The smallest absolute Gasteiger partial charge is 0.328 e. The molecule has 0 saturated carbocycles. The number of aromatic hydroxyl groups is 1. The lowest BCUT2D eigenvalue weighted by atomic mass is 9.98. The van der Waals surface area contributed by atoms with E-state index in [0.29, 0.717) is 17.6 Å². The van der Waals surface area contributed by atoms with Crippen LogP contribution in [0.5, 0.6) is 5.75 Å². The number of carboxylic acids is 1. The molecule has 9 nitrogen and oxygen atoms in total. The first-order valence-corrected chi connectivity index (χ1v) is 8.69. The van der Waals surface area contributed by atoms with E-state index in [-0.39, 0.29) is 34.7 Å². The Hall–Kier alpha value is -2.78. The first kappa shape index (κ1) is 19.0. The largest absolute Gasteiger partial charge is 0.506 e. The van der Waals surface area contributed by atoms with Crippen molar-refractivity contribution in [2.45, 2.75) is 18.9 Å². The van der Waals surface area contributed by atoms with Crippen LogP contribution < -0.4 is 10.2 Å². The SMILES string of the molecule is CC(=O)N1CC(CCl)c2c1cc(O)c1[nH]c(C(=O)N[C@@H](CO)C(=O)O)cc21. The molecule has 5 N–H and O–H groups in total. The summed E-state index contributed by atoms with van der Waals surface area (Å²) in [4.78, 5) is 39.5. The molecule has 1 aromatic heterocycles. The molecule has 0 fully saturated rings. The average molecular weight is 396 g/mol. The van der Waals surface area contributed by atoms with Gasteiger partial charge in [0.25, 0.3) is 5.91 Å². The van der Waals surface area contributed by atoms with Crippen LogP contribution in [0.4, 0.5) is 5.69 Å². The second-order valence-electron chi connectivity index (χ2n) is 6.33. The van der Waals surface area contributed by atoms with Gasteiger partial charge in [-0.25, -0.2) is 4.79 Å². The fourth-order valence-electron chi connectivity index (χ4n) is 3.32. The van der Waals surface area contributed by atoms with E-state index in [9.17, 15) is 19.5 Å². The zero-order valence-corrected chi connectivity index (χ0v) is 15.1. The molecule has 3 rings (SSSR count). The highest BCUT2D eigenvalue weighted by Gasteiger charge is 2.34. The van der Waals surface area contributed by atoms with Crippen molar-refractivity contribution in [3.05, 3.63) is 23.4 Å². The van der Waals surface area contributed by atoms with Crippen molar-refractivity contribution in [1.29, 1.82) is 0 Å². The average Bonchev–Trinajstić information content (AvgIpc) is 3.20. The van der Waals surface area contributed by atoms with Crippen LogP contribution in [0.2, 0.25) is 0 Å². The van der Waals surface area contributed by atoms with Crippen molar-refractivity contribution in [2.75, 3.05) is 23.9 Å². The van der Waals surface area contributed by atoms with E-state index >= 15 is 0 Å². The highest BCUT2D eigenvalue weighted by molar-refractivity contribution is 6.19. The number of amides is 2. The first-order valence-electron chi connectivity index (χ1n) is 8.15. The molecule has 144 valence electrons. The number of benzene rings is 1. The van der Waals surface area contributed by atoms with Gasteiger partial charge in [-0.1, -0.05) is 0 Å². The van der Waals surface area contributed by atoms with Crippen LogP contribution in [0.1, 0.15) is 28.9 Å². The van der Waals surface area contributed by atoms with Crippen molar-refractivity contribution in [3.63, 3.8) is 0 Å². The van der Waals surface area contributed by atoms with Crippen molar-refractivity contribution in [1.82, 2.24) is 10.3 Å². The number of carbonyl (C=O) groups excluding carboxylic acids is 2. The second kappa shape index (κ2) is 7.09. The van der Waals surface area contributed by atoms with E-state index in [2.05, 4.69) is 10.3 Å². The van der Waals surface area contributed by atoms with Gasteiger partial charge in [-0.3, -0.25) is 9.59 Å². The number of phenols is 1. The number of aliphatic hydroxyl groups is 1. The van der Waals surface area contributed by atoms with Crippen LogP contribution in [-0.2, 0) is 9.59 Å². The number of aromatic amines is 1. The van der Waals surface area contributed by atoms with Gasteiger partial charge in [0.1, 0.15) is 11.4 Å². The van der Waals surface area contributed by atoms with Crippen LogP contribution in [0.25, 0.3) is 10.9 Å². The van der Waals surface area contributed by atoms with Gasteiger partial charge in [0.05, 0.1) is 17.8 Å². The fraction of sp³-hybridized carbons (Fsp3) is 0.353. The summed E-state index contributed by atoms with van der Waals surface area (Å²) < 4.78 is 0. The lowest BCUT2D eigenvalue weighted by Crippen LogP contribution is -2.43. The summed E-state index contributed by atoms with van der Waals surface area (Å²) in [7, 11) is 0. The molecule has 1 aliphatic rings. The quantitative estimate of drug-likeness (QED) is 0.472. The first-order chi connectivity index (χ1) is 12.8. The van der Waals surface area contributed by atoms with Crippen LogP contribution in [0.3, 0.4) is 0 Å². The van der Waals surface area contributed by atoms with Gasteiger partial charge in [-0.05, 0) is 11.6 Å². The summed E-state index contributed by atoms with van der Waals surface area (Å²) >= 11 is 6.05. The number of nitrogens with zero attached hydrogens (tertiary/aromatic N) is 1. The number of hydrogen-bond donors (Lipinski definition) is 5. The Kier molecular flexibility index (Phi) is 4.99. The molecule has 1 aliphatic heterocycles. The van der Waals surface area contributed by atoms with Crippen molar-refractivity contribution in [2.24, 2.45) is 0 Å². The molecule has 2 atom stereocenters. The number of fused-ring (bicyclic) bond motifs is 3. The molecule has 1 aromatic carbocycles. The maximum absolute atomic E-state index is 12.3. The number of halogens is 1. The van der Waals surface area contributed by atoms with Gasteiger partial charge in [0.15, 0.2) is 6.04 Å². The highest BCUT2D eigenvalue weighted by Crippen LogP contribution is 2.45. The summed E-state index contributed by atoms with van der Waals surface area (Å²) in [5, 5.41) is 31.1. The van der Waals surface area contributed by atoms with Crippen molar-refractivity contribution < 1.29 is 29.7 Å². The Labute approximate surface area is 158 Å². The number of nitrogens with one attached hydrogen (secondary N) is 2. The Morgan fingerprint density at radius 1 is 1.41 bits per heavy atom.